The van der Waals surface area contributed by atoms with E-state index in [4.69, 9.17) is 36.8 Å². The Balaban J connectivity index is 3.07. The van der Waals surface area contributed by atoms with Gasteiger partial charge in [0.25, 0.3) is 0 Å². The summed E-state index contributed by atoms with van der Waals surface area (Å²) in [6.45, 7) is 5.68. The van der Waals surface area contributed by atoms with E-state index in [2.05, 4.69) is 0 Å². The molecule has 7 heteroatoms. The van der Waals surface area contributed by atoms with Crippen molar-refractivity contribution in [1.29, 1.82) is 0 Å². The molecule has 0 saturated heterocycles. The molecular formula is C13H17Cl2O4P. The highest BCUT2D eigenvalue weighted by molar-refractivity contribution is 7.48. The first kappa shape index (κ1) is 17.5. The lowest BCUT2D eigenvalue weighted by Gasteiger charge is -2.19. The van der Waals surface area contributed by atoms with Crippen LogP contribution in [0.15, 0.2) is 28.8 Å². The molecule has 0 bridgehead atoms. The highest BCUT2D eigenvalue weighted by atomic mass is 35.5. The fraction of sp³-hybridized carbons (Fsp3) is 0.385. The van der Waals surface area contributed by atoms with Crippen LogP contribution >= 0.6 is 31.0 Å². The summed E-state index contributed by atoms with van der Waals surface area (Å²) in [5, 5.41) is 0. The predicted molar refractivity (Wildman–Crippen MR) is 81.7 cm³/mol. The lowest BCUT2D eigenvalue weighted by Crippen LogP contribution is -2.00. The van der Waals surface area contributed by atoms with Crippen LogP contribution in [0.5, 0.6) is 0 Å². The smallest absolute Gasteiger partial charge is 0.401 e. The van der Waals surface area contributed by atoms with Gasteiger partial charge in [0, 0.05) is 5.56 Å². The Morgan fingerprint density at radius 1 is 1.10 bits per heavy atom. The number of hydrogen-bond acceptors (Lipinski definition) is 4. The van der Waals surface area contributed by atoms with Crippen LogP contribution in [0.1, 0.15) is 25.0 Å². The van der Waals surface area contributed by atoms with E-state index in [1.54, 1.807) is 26.0 Å². The molecule has 0 aliphatic carbocycles. The van der Waals surface area contributed by atoms with Gasteiger partial charge in [0.05, 0.1) is 13.2 Å². The Hall–Kier alpha value is -0.510. The standard InChI is InChI=1S/C13H17Cl2O4P/c1-4-17-20(16,18-5-2)19-12(13(14)15)11-8-6-10(3)7-9-11/h6-9H,4-5H2,1-3H3. The molecule has 1 rings (SSSR count). The van der Waals surface area contributed by atoms with E-state index in [1.807, 2.05) is 19.1 Å². The second kappa shape index (κ2) is 8.06. The summed E-state index contributed by atoms with van der Waals surface area (Å²) in [4.78, 5) is 0. The van der Waals surface area contributed by atoms with Gasteiger partial charge in [-0.3, -0.25) is 9.05 Å². The van der Waals surface area contributed by atoms with Crippen molar-refractivity contribution in [2.24, 2.45) is 0 Å². The maximum atomic E-state index is 12.4. The minimum atomic E-state index is -3.73. The molecule has 0 aliphatic rings. The van der Waals surface area contributed by atoms with Crippen LogP contribution in [0.3, 0.4) is 0 Å². The van der Waals surface area contributed by atoms with Crippen molar-refractivity contribution >= 4 is 36.8 Å². The Morgan fingerprint density at radius 2 is 1.60 bits per heavy atom. The van der Waals surface area contributed by atoms with E-state index in [0.29, 0.717) is 5.56 Å². The second-order valence-corrected chi connectivity index (χ2v) is 6.37. The summed E-state index contributed by atoms with van der Waals surface area (Å²) in [5.74, 6) is 0.0681. The molecule has 0 saturated carbocycles. The molecule has 0 unspecified atom stereocenters. The Bertz CT molecular complexity index is 500. The third-order valence-corrected chi connectivity index (χ3v) is 4.16. The highest BCUT2D eigenvalue weighted by Crippen LogP contribution is 2.53. The molecular weight excluding hydrogens is 322 g/mol. The number of hydrogen-bond donors (Lipinski definition) is 0. The molecule has 0 spiro atoms. The normalized spacial score (nSPS) is 11.2. The fourth-order valence-corrected chi connectivity index (χ4v) is 3.05. The van der Waals surface area contributed by atoms with Crippen LogP contribution in [-0.4, -0.2) is 13.2 Å². The Kier molecular flexibility index (Phi) is 7.07. The second-order valence-electron chi connectivity index (χ2n) is 3.83. The summed E-state index contributed by atoms with van der Waals surface area (Å²) < 4.78 is 27.6. The van der Waals surface area contributed by atoms with Crippen LogP contribution < -0.4 is 0 Å². The number of aryl methyl sites for hydroxylation is 1. The van der Waals surface area contributed by atoms with E-state index in [0.717, 1.165) is 5.56 Å². The zero-order chi connectivity index (χ0) is 15.2. The van der Waals surface area contributed by atoms with Crippen molar-refractivity contribution < 1.29 is 18.1 Å². The van der Waals surface area contributed by atoms with Gasteiger partial charge < -0.3 is 4.52 Å². The zero-order valence-electron chi connectivity index (χ0n) is 11.6. The van der Waals surface area contributed by atoms with Gasteiger partial charge in [-0.15, -0.1) is 0 Å². The van der Waals surface area contributed by atoms with Gasteiger partial charge in [-0.05, 0) is 20.8 Å². The molecule has 0 N–H and O–H groups in total. The summed E-state index contributed by atoms with van der Waals surface area (Å²) in [6.07, 6.45) is 0. The molecule has 0 aromatic heterocycles. The highest BCUT2D eigenvalue weighted by Gasteiger charge is 2.30. The van der Waals surface area contributed by atoms with Crippen LogP contribution in [0.2, 0.25) is 0 Å². The SMILES string of the molecule is CCOP(=O)(OCC)OC(=C(Cl)Cl)c1ccc(C)cc1. The molecule has 1 aromatic carbocycles. The third kappa shape index (κ3) is 5.12. The van der Waals surface area contributed by atoms with Gasteiger partial charge in [-0.25, -0.2) is 4.57 Å². The van der Waals surface area contributed by atoms with E-state index < -0.39 is 7.82 Å². The maximum Gasteiger partial charge on any atom is 0.530 e. The number of benzene rings is 1. The molecule has 0 amide bonds. The summed E-state index contributed by atoms with van der Waals surface area (Å²) in [5.41, 5.74) is 1.66. The topological polar surface area (TPSA) is 44.8 Å². The molecule has 0 heterocycles. The molecule has 112 valence electrons. The van der Waals surface area contributed by atoms with E-state index in [1.165, 1.54) is 0 Å². The van der Waals surface area contributed by atoms with Crippen molar-refractivity contribution in [2.45, 2.75) is 20.8 Å². The number of phosphoric acid groups is 1. The van der Waals surface area contributed by atoms with Gasteiger partial charge in [0.2, 0.25) is 0 Å². The lowest BCUT2D eigenvalue weighted by atomic mass is 10.1. The minimum absolute atomic E-state index is 0.0681. The van der Waals surface area contributed by atoms with Crippen molar-refractivity contribution in [3.05, 3.63) is 39.9 Å². The molecule has 0 atom stereocenters. The van der Waals surface area contributed by atoms with Gasteiger partial charge >= 0.3 is 7.82 Å². The molecule has 20 heavy (non-hydrogen) atoms. The van der Waals surface area contributed by atoms with Crippen molar-refractivity contribution in [1.82, 2.24) is 0 Å². The molecule has 0 fully saturated rings. The largest absolute Gasteiger partial charge is 0.530 e. The lowest BCUT2D eigenvalue weighted by molar-refractivity contribution is 0.159. The number of halogens is 2. The molecule has 0 aliphatic heterocycles. The first-order valence-electron chi connectivity index (χ1n) is 6.13. The van der Waals surface area contributed by atoms with Gasteiger partial charge in [0.1, 0.15) is 4.49 Å². The Morgan fingerprint density at radius 3 is 2.00 bits per heavy atom. The van der Waals surface area contributed by atoms with E-state index >= 15 is 0 Å². The van der Waals surface area contributed by atoms with Crippen LogP contribution in [0.4, 0.5) is 0 Å². The monoisotopic (exact) mass is 338 g/mol. The summed E-state index contributed by atoms with van der Waals surface area (Å²) >= 11 is 11.6. The Labute approximate surface area is 129 Å². The van der Waals surface area contributed by atoms with Crippen molar-refractivity contribution in [3.63, 3.8) is 0 Å². The predicted octanol–water partition coefficient (Wildman–Crippen LogP) is 5.30. The minimum Gasteiger partial charge on any atom is -0.401 e. The van der Waals surface area contributed by atoms with Crippen LogP contribution in [0.25, 0.3) is 5.76 Å². The molecule has 0 radical (unpaired) electrons. The quantitative estimate of drug-likeness (QED) is 0.500. The molecule has 1 aromatic rings. The van der Waals surface area contributed by atoms with Crippen molar-refractivity contribution in [2.75, 3.05) is 13.2 Å². The summed E-state index contributed by atoms with van der Waals surface area (Å²) in [7, 11) is -3.73. The van der Waals surface area contributed by atoms with Crippen LogP contribution in [-0.2, 0) is 18.1 Å². The van der Waals surface area contributed by atoms with E-state index in [-0.39, 0.29) is 23.5 Å². The maximum absolute atomic E-state index is 12.4. The van der Waals surface area contributed by atoms with Gasteiger partial charge in [-0.2, -0.15) is 0 Å². The fourth-order valence-electron chi connectivity index (χ4n) is 1.42. The summed E-state index contributed by atoms with van der Waals surface area (Å²) in [6, 6.07) is 7.25. The van der Waals surface area contributed by atoms with E-state index in [9.17, 15) is 4.57 Å². The third-order valence-electron chi connectivity index (χ3n) is 2.26. The first-order chi connectivity index (χ1) is 9.41. The number of rotatable bonds is 7. The average Bonchev–Trinajstić information content (AvgIpc) is 2.37. The number of phosphoric ester groups is 1. The van der Waals surface area contributed by atoms with Gasteiger partial charge in [0.15, 0.2) is 5.76 Å². The zero-order valence-corrected chi connectivity index (χ0v) is 14.0. The van der Waals surface area contributed by atoms with Crippen LogP contribution in [0, 0.1) is 6.92 Å². The van der Waals surface area contributed by atoms with Crippen molar-refractivity contribution in [3.8, 4) is 0 Å². The molecule has 4 nitrogen and oxygen atoms in total. The first-order valence-corrected chi connectivity index (χ1v) is 8.34. The average molecular weight is 339 g/mol. The van der Waals surface area contributed by atoms with Gasteiger partial charge in [-0.1, -0.05) is 53.0 Å².